The first-order chi connectivity index (χ1) is 12.1. The molecule has 0 bridgehead atoms. The van der Waals surface area contributed by atoms with Gasteiger partial charge in [-0.1, -0.05) is 6.08 Å². The standard InChI is InChI=1S/C19H19FN2O3/c1-25-18-9-13-4-2-3-12(15(13)10-16(18)20)5-8-22-17-11-21-7-6-14(17)19(23)24/h5-12,22H,2-4H2,1H3,(H,23,24)/b8-5+. The van der Waals surface area contributed by atoms with Crippen molar-refractivity contribution in [2.24, 2.45) is 0 Å². The van der Waals surface area contributed by atoms with Crippen LogP contribution in [0.25, 0.3) is 0 Å². The molecule has 0 amide bonds. The zero-order valence-corrected chi connectivity index (χ0v) is 13.8. The largest absolute Gasteiger partial charge is 0.494 e. The first kappa shape index (κ1) is 17.0. The first-order valence-corrected chi connectivity index (χ1v) is 8.07. The quantitative estimate of drug-likeness (QED) is 0.860. The molecule has 2 aromatic rings. The van der Waals surface area contributed by atoms with Crippen LogP contribution in [0.1, 0.15) is 40.2 Å². The van der Waals surface area contributed by atoms with Crippen molar-refractivity contribution in [2.45, 2.75) is 25.2 Å². The molecule has 0 saturated heterocycles. The van der Waals surface area contributed by atoms with Gasteiger partial charge in [0.15, 0.2) is 11.6 Å². The number of benzene rings is 1. The van der Waals surface area contributed by atoms with Crippen molar-refractivity contribution in [3.8, 4) is 5.75 Å². The molecule has 1 atom stereocenters. The molecule has 1 aliphatic rings. The van der Waals surface area contributed by atoms with Crippen LogP contribution in [0.2, 0.25) is 0 Å². The molecule has 1 aromatic carbocycles. The van der Waals surface area contributed by atoms with E-state index in [1.54, 1.807) is 12.3 Å². The molecule has 1 unspecified atom stereocenters. The van der Waals surface area contributed by atoms with E-state index in [0.717, 1.165) is 30.4 Å². The number of nitrogens with one attached hydrogen (secondary N) is 1. The number of methoxy groups -OCH3 is 1. The van der Waals surface area contributed by atoms with Crippen molar-refractivity contribution in [1.82, 2.24) is 4.98 Å². The van der Waals surface area contributed by atoms with Gasteiger partial charge >= 0.3 is 5.97 Å². The van der Waals surface area contributed by atoms with Crippen LogP contribution < -0.4 is 10.1 Å². The number of carbonyl (C=O) groups is 1. The minimum Gasteiger partial charge on any atom is -0.494 e. The Kier molecular flexibility index (Phi) is 4.97. The number of aromatic nitrogens is 1. The molecular formula is C19H19FN2O3. The summed E-state index contributed by atoms with van der Waals surface area (Å²) in [5.41, 5.74) is 2.61. The SMILES string of the molecule is COc1cc2c(cc1F)C(/C=C/Nc1cnccc1C(=O)O)CCC2. The number of allylic oxidation sites excluding steroid dienone is 1. The number of carboxylic acid groups (broad SMARTS) is 1. The summed E-state index contributed by atoms with van der Waals surface area (Å²) in [6.45, 7) is 0. The van der Waals surface area contributed by atoms with E-state index < -0.39 is 5.97 Å². The fraction of sp³-hybridized carbons (Fsp3) is 0.263. The molecule has 0 fully saturated rings. The fourth-order valence-electron chi connectivity index (χ4n) is 3.15. The summed E-state index contributed by atoms with van der Waals surface area (Å²) < 4.78 is 19.1. The lowest BCUT2D eigenvalue weighted by Crippen LogP contribution is -2.10. The predicted molar refractivity (Wildman–Crippen MR) is 92.6 cm³/mol. The van der Waals surface area contributed by atoms with Gasteiger partial charge in [-0.2, -0.15) is 0 Å². The van der Waals surface area contributed by atoms with Crippen molar-refractivity contribution in [2.75, 3.05) is 12.4 Å². The van der Waals surface area contributed by atoms with Crippen molar-refractivity contribution in [3.05, 3.63) is 65.4 Å². The van der Waals surface area contributed by atoms with E-state index in [1.165, 1.54) is 31.6 Å². The number of fused-ring (bicyclic) bond motifs is 1. The molecule has 130 valence electrons. The Morgan fingerprint density at radius 2 is 2.32 bits per heavy atom. The van der Waals surface area contributed by atoms with Crippen LogP contribution in [-0.4, -0.2) is 23.2 Å². The Labute approximate surface area is 145 Å². The number of rotatable bonds is 5. The van der Waals surface area contributed by atoms with Crippen LogP contribution in [0.5, 0.6) is 5.75 Å². The lowest BCUT2D eigenvalue weighted by atomic mass is 9.82. The molecule has 2 N–H and O–H groups in total. The van der Waals surface area contributed by atoms with Gasteiger partial charge in [-0.3, -0.25) is 4.98 Å². The fourth-order valence-corrected chi connectivity index (χ4v) is 3.15. The molecule has 5 nitrogen and oxygen atoms in total. The first-order valence-electron chi connectivity index (χ1n) is 8.07. The molecule has 0 radical (unpaired) electrons. The molecule has 6 heteroatoms. The highest BCUT2D eigenvalue weighted by Crippen LogP contribution is 2.36. The normalized spacial score (nSPS) is 16.5. The summed E-state index contributed by atoms with van der Waals surface area (Å²) in [6.07, 6.45) is 9.35. The Morgan fingerprint density at radius 3 is 3.08 bits per heavy atom. The number of halogens is 1. The highest BCUT2D eigenvalue weighted by atomic mass is 19.1. The van der Waals surface area contributed by atoms with E-state index in [4.69, 9.17) is 4.74 Å². The third-order valence-corrected chi connectivity index (χ3v) is 4.39. The van der Waals surface area contributed by atoms with E-state index >= 15 is 0 Å². The van der Waals surface area contributed by atoms with Crippen LogP contribution in [0.15, 0.2) is 42.9 Å². The highest BCUT2D eigenvalue weighted by Gasteiger charge is 2.21. The van der Waals surface area contributed by atoms with E-state index in [2.05, 4.69) is 10.3 Å². The molecule has 0 saturated carbocycles. The van der Waals surface area contributed by atoms with Crippen LogP contribution in [0, 0.1) is 5.82 Å². The molecule has 3 rings (SSSR count). The summed E-state index contributed by atoms with van der Waals surface area (Å²) in [6, 6.07) is 4.74. The number of pyridine rings is 1. The topological polar surface area (TPSA) is 71.5 Å². The Morgan fingerprint density at radius 1 is 1.48 bits per heavy atom. The maximum Gasteiger partial charge on any atom is 0.337 e. The van der Waals surface area contributed by atoms with Gasteiger partial charge < -0.3 is 15.2 Å². The second-order valence-corrected chi connectivity index (χ2v) is 5.91. The number of aryl methyl sites for hydroxylation is 1. The van der Waals surface area contributed by atoms with Gasteiger partial charge in [-0.15, -0.1) is 0 Å². The van der Waals surface area contributed by atoms with Gasteiger partial charge in [-0.05, 0) is 54.8 Å². The van der Waals surface area contributed by atoms with Gasteiger partial charge in [0.05, 0.1) is 24.6 Å². The van der Waals surface area contributed by atoms with Gasteiger partial charge in [0, 0.05) is 12.1 Å². The molecular weight excluding hydrogens is 323 g/mol. The van der Waals surface area contributed by atoms with Crippen LogP contribution in [0.3, 0.4) is 0 Å². The summed E-state index contributed by atoms with van der Waals surface area (Å²) in [7, 11) is 1.46. The molecule has 1 heterocycles. The van der Waals surface area contributed by atoms with E-state index in [9.17, 15) is 14.3 Å². The third-order valence-electron chi connectivity index (χ3n) is 4.39. The Hall–Kier alpha value is -2.89. The number of anilines is 1. The van der Waals surface area contributed by atoms with Crippen molar-refractivity contribution >= 4 is 11.7 Å². The average molecular weight is 342 g/mol. The number of ether oxygens (including phenoxy) is 1. The van der Waals surface area contributed by atoms with Crippen molar-refractivity contribution in [3.63, 3.8) is 0 Å². The van der Waals surface area contributed by atoms with Gasteiger partial charge in [0.2, 0.25) is 0 Å². The predicted octanol–water partition coefficient (Wildman–Crippen LogP) is 3.97. The maximum absolute atomic E-state index is 14.0. The number of carboxylic acids is 1. The second-order valence-electron chi connectivity index (χ2n) is 5.91. The van der Waals surface area contributed by atoms with Crippen LogP contribution in [0.4, 0.5) is 10.1 Å². The van der Waals surface area contributed by atoms with E-state index in [-0.39, 0.29) is 23.0 Å². The number of aromatic carboxylic acids is 1. The van der Waals surface area contributed by atoms with Gasteiger partial charge in [-0.25, -0.2) is 9.18 Å². The van der Waals surface area contributed by atoms with E-state index in [0.29, 0.717) is 5.69 Å². The molecule has 0 aliphatic heterocycles. The lowest BCUT2D eigenvalue weighted by Gasteiger charge is -2.24. The summed E-state index contributed by atoms with van der Waals surface area (Å²) >= 11 is 0. The molecule has 1 aromatic heterocycles. The zero-order valence-electron chi connectivity index (χ0n) is 13.8. The Bertz CT molecular complexity index is 820. The second kappa shape index (κ2) is 7.34. The van der Waals surface area contributed by atoms with Crippen molar-refractivity contribution < 1.29 is 19.0 Å². The number of hydrogen-bond donors (Lipinski definition) is 2. The van der Waals surface area contributed by atoms with Gasteiger partial charge in [0.1, 0.15) is 0 Å². The maximum atomic E-state index is 14.0. The number of hydrogen-bond acceptors (Lipinski definition) is 4. The molecule has 1 aliphatic carbocycles. The van der Waals surface area contributed by atoms with E-state index in [1.807, 2.05) is 6.08 Å². The summed E-state index contributed by atoms with van der Waals surface area (Å²) in [5.74, 6) is -1.05. The zero-order chi connectivity index (χ0) is 17.8. The average Bonchev–Trinajstić information content (AvgIpc) is 2.62. The molecule has 25 heavy (non-hydrogen) atoms. The third kappa shape index (κ3) is 3.63. The van der Waals surface area contributed by atoms with Crippen LogP contribution in [-0.2, 0) is 6.42 Å². The van der Waals surface area contributed by atoms with Crippen molar-refractivity contribution in [1.29, 1.82) is 0 Å². The summed E-state index contributed by atoms with van der Waals surface area (Å²) in [4.78, 5) is 15.1. The Balaban J connectivity index is 1.80. The van der Waals surface area contributed by atoms with Gasteiger partial charge in [0.25, 0.3) is 0 Å². The minimum atomic E-state index is -1.02. The smallest absolute Gasteiger partial charge is 0.337 e. The number of nitrogens with zero attached hydrogens (tertiary/aromatic N) is 1. The highest BCUT2D eigenvalue weighted by molar-refractivity contribution is 5.94. The molecule has 0 spiro atoms. The lowest BCUT2D eigenvalue weighted by molar-refractivity contribution is 0.0698. The van der Waals surface area contributed by atoms with Crippen LogP contribution >= 0.6 is 0 Å². The minimum absolute atomic E-state index is 0.0709. The summed E-state index contributed by atoms with van der Waals surface area (Å²) in [5, 5.41) is 12.1. The monoisotopic (exact) mass is 342 g/mol.